The van der Waals surface area contributed by atoms with Crippen LogP contribution in [0.2, 0.25) is 0 Å². The number of fused-ring (bicyclic) bond motifs is 2. The maximum absolute atomic E-state index is 14.6. The third-order valence-electron chi connectivity index (χ3n) is 6.96. The van der Waals surface area contributed by atoms with Crippen LogP contribution in [0.3, 0.4) is 0 Å². The molecule has 5 rings (SSSR count). The van der Waals surface area contributed by atoms with Crippen molar-refractivity contribution in [3.63, 3.8) is 0 Å². The number of ether oxygens (including phenoxy) is 3. The number of hydrogen-bond donors (Lipinski definition) is 2. The Morgan fingerprint density at radius 3 is 2.80 bits per heavy atom. The molecule has 2 aliphatic heterocycles. The van der Waals surface area contributed by atoms with Gasteiger partial charge in [0.2, 0.25) is 10.0 Å². The number of rotatable bonds is 11. The Kier molecular flexibility index (Phi) is 5.10. The van der Waals surface area contributed by atoms with Crippen LogP contribution in [0.25, 0.3) is 0 Å². The van der Waals surface area contributed by atoms with Gasteiger partial charge in [0.05, 0.1) is 40.2 Å². The largest absolute Gasteiger partial charge is 0.443 e. The van der Waals surface area contributed by atoms with Crippen molar-refractivity contribution in [3.05, 3.63) is 65.2 Å². The van der Waals surface area contributed by atoms with Crippen molar-refractivity contribution < 1.29 is 54.5 Å². The third-order valence-corrected chi connectivity index (χ3v) is 8.63. The van der Waals surface area contributed by atoms with Crippen LogP contribution >= 0.6 is 0 Å². The Bertz CT molecular complexity index is 1920. The monoisotopic (exact) mass is 602 g/mol. The molecule has 1 aliphatic carbocycles. The Balaban J connectivity index is 1.58. The molecule has 0 bridgehead atoms. The molecular formula is C31H42N2O7S. The minimum Gasteiger partial charge on any atom is -0.443 e. The lowest BCUT2D eigenvalue weighted by atomic mass is 9.92. The summed E-state index contributed by atoms with van der Waals surface area (Å²) in [4.78, 5) is 12.6. The molecule has 3 aliphatic rings. The van der Waals surface area contributed by atoms with Crippen LogP contribution in [0.15, 0.2) is 53.4 Å². The first-order valence-electron chi connectivity index (χ1n) is 21.0. The van der Waals surface area contributed by atoms with Crippen molar-refractivity contribution in [3.8, 4) is 0 Å². The van der Waals surface area contributed by atoms with Gasteiger partial charge in [0.25, 0.3) is 0 Å². The summed E-state index contributed by atoms with van der Waals surface area (Å²) in [7, 11) is -5.54. The zero-order valence-corrected chi connectivity index (χ0v) is 22.7. The SMILES string of the molecule is [2H]C([2H])([2H])C([2H])(C([2H])([2H])[2H])C([2H])([2H])N(C[C@@H](O)[C@H](Cc1ccccc1)NC(=O)O[C@]1([2H])[C@@H]2CCO[C@@H]2OC1([2H])[2H])S(=O)(=O)c1ccc2c(c1)CC([2H])([2H])C([2H])([2H])C2. The fraction of sp³-hybridized carbons (Fsp3) is 0.581. The van der Waals surface area contributed by atoms with Gasteiger partial charge in [-0.2, -0.15) is 4.31 Å². The minimum atomic E-state index is -5.54. The van der Waals surface area contributed by atoms with Crippen molar-refractivity contribution in [1.29, 1.82) is 0 Å². The number of aliphatic hydroxyl groups excluding tert-OH is 1. The van der Waals surface area contributed by atoms with Gasteiger partial charge < -0.3 is 24.6 Å². The van der Waals surface area contributed by atoms with Crippen LogP contribution in [0, 0.1) is 11.8 Å². The van der Waals surface area contributed by atoms with E-state index in [0.717, 1.165) is 18.2 Å². The number of sulfonamides is 1. The van der Waals surface area contributed by atoms with E-state index in [0.29, 0.717) is 5.56 Å². The molecule has 41 heavy (non-hydrogen) atoms. The lowest BCUT2D eigenvalue weighted by molar-refractivity contribution is -0.0907. The topological polar surface area (TPSA) is 114 Å². The number of carbonyl (C=O) groups excluding carboxylic acids is 1. The van der Waals surface area contributed by atoms with E-state index in [1.54, 1.807) is 18.2 Å². The second kappa shape index (κ2) is 13.2. The molecule has 5 atom stereocenters. The Labute approximate surface area is 265 Å². The summed E-state index contributed by atoms with van der Waals surface area (Å²) in [5.41, 5.74) is 0.573. The van der Waals surface area contributed by atoms with E-state index < -0.39 is 116 Å². The summed E-state index contributed by atoms with van der Waals surface area (Å²) in [5.74, 6) is -5.31. The zero-order chi connectivity index (χ0) is 43.0. The zero-order valence-electron chi connectivity index (χ0n) is 37.9. The van der Waals surface area contributed by atoms with E-state index in [9.17, 15) is 18.3 Å². The number of benzene rings is 2. The quantitative estimate of drug-likeness (QED) is 0.403. The van der Waals surface area contributed by atoms with E-state index in [1.165, 1.54) is 12.1 Å². The highest BCUT2D eigenvalue weighted by molar-refractivity contribution is 7.89. The van der Waals surface area contributed by atoms with Gasteiger partial charge in [0, 0.05) is 30.9 Å². The molecule has 2 heterocycles. The van der Waals surface area contributed by atoms with Crippen molar-refractivity contribution in [2.45, 2.75) is 81.5 Å². The molecule has 0 spiro atoms. The van der Waals surface area contributed by atoms with Gasteiger partial charge >= 0.3 is 6.09 Å². The molecule has 0 aromatic heterocycles. The molecule has 1 amide bonds. The van der Waals surface area contributed by atoms with E-state index in [2.05, 4.69) is 5.32 Å². The summed E-state index contributed by atoms with van der Waals surface area (Å²) < 4.78 is 177. The summed E-state index contributed by atoms with van der Waals surface area (Å²) in [6, 6.07) is 9.04. The van der Waals surface area contributed by atoms with Gasteiger partial charge in [-0.3, -0.25) is 0 Å². The van der Waals surface area contributed by atoms with Gasteiger partial charge in [-0.25, -0.2) is 13.2 Å². The van der Waals surface area contributed by atoms with Crippen LogP contribution in [0.5, 0.6) is 0 Å². The van der Waals surface area contributed by atoms with Crippen LogP contribution < -0.4 is 5.32 Å². The van der Waals surface area contributed by atoms with Gasteiger partial charge in [0.1, 0.15) is 6.08 Å². The van der Waals surface area contributed by atoms with Crippen LogP contribution in [0.1, 0.15) is 71.5 Å². The molecule has 2 aromatic carbocycles. The molecule has 0 saturated carbocycles. The van der Waals surface area contributed by atoms with Crippen molar-refractivity contribution in [2.75, 3.05) is 26.2 Å². The number of nitrogens with zero attached hydrogens (tertiary/aromatic N) is 1. The average molecular weight is 603 g/mol. The van der Waals surface area contributed by atoms with E-state index in [4.69, 9.17) is 36.1 Å². The molecule has 2 fully saturated rings. The van der Waals surface area contributed by atoms with Crippen LogP contribution in [-0.2, 0) is 43.5 Å². The third kappa shape index (κ3) is 7.29. The van der Waals surface area contributed by atoms with Gasteiger partial charge in [0.15, 0.2) is 6.29 Å². The number of aliphatic hydroxyl groups is 1. The fourth-order valence-electron chi connectivity index (χ4n) is 4.82. The maximum Gasteiger partial charge on any atom is 0.407 e. The van der Waals surface area contributed by atoms with Crippen molar-refractivity contribution >= 4 is 16.1 Å². The van der Waals surface area contributed by atoms with Gasteiger partial charge in [-0.15, -0.1) is 0 Å². The molecule has 2 aromatic rings. The van der Waals surface area contributed by atoms with Gasteiger partial charge in [-0.05, 0) is 73.1 Å². The molecule has 2 saturated heterocycles. The van der Waals surface area contributed by atoms with E-state index in [-0.39, 0.29) is 34.9 Å². The first-order chi connectivity index (χ1) is 25.8. The Morgan fingerprint density at radius 1 is 1.24 bits per heavy atom. The number of aryl methyl sites for hydroxylation is 2. The van der Waals surface area contributed by atoms with Gasteiger partial charge in [-0.1, -0.05) is 50.1 Å². The number of carbonyl (C=O) groups is 1. The summed E-state index contributed by atoms with van der Waals surface area (Å²) in [5, 5.41) is 14.0. The second-order valence-corrected chi connectivity index (χ2v) is 11.6. The summed E-state index contributed by atoms with van der Waals surface area (Å²) >= 11 is 0. The smallest absolute Gasteiger partial charge is 0.407 e. The minimum absolute atomic E-state index is 0.0117. The fourth-order valence-corrected chi connectivity index (χ4v) is 6.17. The standard InChI is InChI=1S/C31H42N2O7S/c1-21(2)18-33(41(36,37)25-13-12-23-10-6-7-11-24(23)17-25)19-28(34)27(16-22-8-4-3-5-9-22)32-31(35)40-29-20-39-30-26(29)14-15-38-30/h3-5,8-9,12-13,17,21,26-30,34H,6-7,10-11,14-16,18-20H2,1-2H3,(H,32,35)/t26-,27-,28+,29-,30+/m0/s1/i1D3,2D3,6D2,7D2,18D2,20D2,21D,29D. The molecule has 10 heteroatoms. The van der Waals surface area contributed by atoms with Crippen LogP contribution in [-0.4, -0.2) is 74.6 Å². The lowest BCUT2D eigenvalue weighted by Crippen LogP contribution is -2.51. The normalized spacial score (nSPS) is 36.1. The number of amides is 1. The highest BCUT2D eigenvalue weighted by Gasteiger charge is 2.44. The Hall–Kier alpha value is -2.50. The lowest BCUT2D eigenvalue weighted by Gasteiger charge is -2.31. The molecule has 0 radical (unpaired) electrons. The maximum atomic E-state index is 14.6. The highest BCUT2D eigenvalue weighted by Crippen LogP contribution is 2.33. The first kappa shape index (κ1) is 15.8. The molecule has 0 unspecified atom stereocenters. The van der Waals surface area contributed by atoms with E-state index in [1.807, 2.05) is 0 Å². The van der Waals surface area contributed by atoms with Crippen LogP contribution in [0.4, 0.5) is 4.79 Å². The average Bonchev–Trinajstić information content (AvgIpc) is 3.59. The van der Waals surface area contributed by atoms with Crippen molar-refractivity contribution in [2.24, 2.45) is 11.8 Å². The predicted molar refractivity (Wildman–Crippen MR) is 154 cm³/mol. The Morgan fingerprint density at radius 2 is 2.02 bits per heavy atom. The highest BCUT2D eigenvalue weighted by atomic mass is 32.2. The number of nitrogens with one attached hydrogen (secondary N) is 1. The first-order valence-corrected chi connectivity index (χ1v) is 14.4. The molecular weight excluding hydrogens is 544 g/mol. The van der Waals surface area contributed by atoms with Crippen molar-refractivity contribution in [1.82, 2.24) is 9.62 Å². The molecule has 9 nitrogen and oxygen atoms in total. The second-order valence-electron chi connectivity index (χ2n) is 9.78. The summed E-state index contributed by atoms with van der Waals surface area (Å²) in [6.07, 6.45) is -14.0. The number of alkyl carbamates (subject to hydrolysis) is 1. The number of hydrogen-bond acceptors (Lipinski definition) is 7. The molecule has 2 N–H and O–H groups in total. The predicted octanol–water partition coefficient (Wildman–Crippen LogP) is 3.67. The summed E-state index contributed by atoms with van der Waals surface area (Å²) in [6.45, 7) is -16.6. The van der Waals surface area contributed by atoms with E-state index >= 15 is 0 Å². The molecule has 224 valence electrons.